The molecule has 0 bridgehead atoms. The Balaban J connectivity index is 1.92. The zero-order valence-corrected chi connectivity index (χ0v) is 15.0. The summed E-state index contributed by atoms with van der Waals surface area (Å²) >= 11 is 0. The van der Waals surface area contributed by atoms with Crippen LogP contribution >= 0.6 is 0 Å². The van der Waals surface area contributed by atoms with Crippen LogP contribution in [0.3, 0.4) is 0 Å². The molecule has 138 valence electrons. The molecule has 2 aromatic carbocycles. The predicted molar refractivity (Wildman–Crippen MR) is 95.4 cm³/mol. The summed E-state index contributed by atoms with van der Waals surface area (Å²) in [5.41, 5.74) is 1.21. The number of hydrogen-bond acceptors (Lipinski definition) is 4. The van der Waals surface area contributed by atoms with E-state index in [1.165, 1.54) is 12.1 Å². The Morgan fingerprint density at radius 2 is 1.65 bits per heavy atom. The average Bonchev–Trinajstić information content (AvgIpc) is 2.63. The van der Waals surface area contributed by atoms with Gasteiger partial charge in [0.25, 0.3) is 5.91 Å². The molecule has 0 unspecified atom stereocenters. The number of carbonyl (C=O) groups excluding carboxylic acids is 2. The first-order valence-corrected chi connectivity index (χ1v) is 8.40. The standard InChI is InChI=1S/C20H22FNO4/c1-4-25-20(24)16-7-11-18(12-8-16)26-14(3)19(23)22-13(2)15-5-9-17(21)10-6-15/h5-14H,4H2,1-3H3,(H,22,23)/t13-,14+/m0/s1. The van der Waals surface area contributed by atoms with Crippen LogP contribution in [0.1, 0.15) is 42.7 Å². The maximum atomic E-state index is 13.0. The zero-order valence-electron chi connectivity index (χ0n) is 15.0. The third kappa shape index (κ3) is 5.31. The first kappa shape index (κ1) is 19.4. The number of benzene rings is 2. The van der Waals surface area contributed by atoms with E-state index < -0.39 is 12.1 Å². The highest BCUT2D eigenvalue weighted by Gasteiger charge is 2.18. The van der Waals surface area contributed by atoms with Crippen molar-refractivity contribution >= 4 is 11.9 Å². The fourth-order valence-corrected chi connectivity index (χ4v) is 2.31. The summed E-state index contributed by atoms with van der Waals surface area (Å²) < 4.78 is 23.5. The molecule has 0 aliphatic heterocycles. The van der Waals surface area contributed by atoms with Crippen molar-refractivity contribution in [1.29, 1.82) is 0 Å². The number of rotatable bonds is 7. The maximum Gasteiger partial charge on any atom is 0.338 e. The Morgan fingerprint density at radius 3 is 2.23 bits per heavy atom. The van der Waals surface area contributed by atoms with E-state index in [0.717, 1.165) is 5.56 Å². The lowest BCUT2D eigenvalue weighted by atomic mass is 10.1. The van der Waals surface area contributed by atoms with E-state index in [1.54, 1.807) is 50.2 Å². The van der Waals surface area contributed by atoms with E-state index in [4.69, 9.17) is 9.47 Å². The van der Waals surface area contributed by atoms with Crippen LogP contribution < -0.4 is 10.1 Å². The lowest BCUT2D eigenvalue weighted by Crippen LogP contribution is -2.37. The Morgan fingerprint density at radius 1 is 1.04 bits per heavy atom. The number of halogens is 1. The molecule has 2 aromatic rings. The van der Waals surface area contributed by atoms with Gasteiger partial charge in [0.15, 0.2) is 6.10 Å². The Hall–Kier alpha value is -2.89. The number of hydrogen-bond donors (Lipinski definition) is 1. The van der Waals surface area contributed by atoms with Crippen LogP contribution in [0.5, 0.6) is 5.75 Å². The fourth-order valence-electron chi connectivity index (χ4n) is 2.31. The van der Waals surface area contributed by atoms with Crippen molar-refractivity contribution in [3.8, 4) is 5.75 Å². The van der Waals surface area contributed by atoms with Gasteiger partial charge in [-0.3, -0.25) is 4.79 Å². The summed E-state index contributed by atoms with van der Waals surface area (Å²) in [5, 5.41) is 2.82. The van der Waals surface area contributed by atoms with Crippen molar-refractivity contribution in [3.05, 3.63) is 65.5 Å². The molecule has 2 atom stereocenters. The summed E-state index contributed by atoms with van der Waals surface area (Å²) in [6.07, 6.45) is -0.730. The number of amides is 1. The normalized spacial score (nSPS) is 12.8. The SMILES string of the molecule is CCOC(=O)c1ccc(O[C@H](C)C(=O)N[C@@H](C)c2ccc(F)cc2)cc1. The minimum atomic E-state index is -0.730. The zero-order chi connectivity index (χ0) is 19.1. The van der Waals surface area contributed by atoms with Gasteiger partial charge in [-0.1, -0.05) is 12.1 Å². The Labute approximate surface area is 152 Å². The predicted octanol–water partition coefficient (Wildman–Crippen LogP) is 3.65. The van der Waals surface area contributed by atoms with Crippen LogP contribution in [0.2, 0.25) is 0 Å². The number of nitrogens with one attached hydrogen (secondary N) is 1. The molecule has 5 nitrogen and oxygen atoms in total. The van der Waals surface area contributed by atoms with Crippen LogP contribution in [0.15, 0.2) is 48.5 Å². The average molecular weight is 359 g/mol. The minimum Gasteiger partial charge on any atom is -0.481 e. The largest absolute Gasteiger partial charge is 0.481 e. The van der Waals surface area contributed by atoms with Crippen molar-refractivity contribution in [2.45, 2.75) is 32.9 Å². The van der Waals surface area contributed by atoms with Gasteiger partial charge in [-0.15, -0.1) is 0 Å². The molecular formula is C20H22FNO4. The van der Waals surface area contributed by atoms with Crippen molar-refractivity contribution in [3.63, 3.8) is 0 Å². The summed E-state index contributed by atoms with van der Waals surface area (Å²) in [5.74, 6) is -0.556. The van der Waals surface area contributed by atoms with Crippen LogP contribution in [-0.2, 0) is 9.53 Å². The highest BCUT2D eigenvalue weighted by Crippen LogP contribution is 2.16. The molecule has 0 aliphatic carbocycles. The molecule has 26 heavy (non-hydrogen) atoms. The third-order valence-corrected chi connectivity index (χ3v) is 3.78. The first-order valence-electron chi connectivity index (χ1n) is 8.40. The van der Waals surface area contributed by atoms with E-state index in [2.05, 4.69) is 5.32 Å². The quantitative estimate of drug-likeness (QED) is 0.767. The smallest absolute Gasteiger partial charge is 0.338 e. The van der Waals surface area contributed by atoms with Gasteiger partial charge in [0.1, 0.15) is 11.6 Å². The molecule has 1 N–H and O–H groups in total. The summed E-state index contributed by atoms with van der Waals surface area (Å²) in [7, 11) is 0. The number of ether oxygens (including phenoxy) is 2. The van der Waals surface area contributed by atoms with Gasteiger partial charge in [-0.2, -0.15) is 0 Å². The lowest BCUT2D eigenvalue weighted by molar-refractivity contribution is -0.127. The Kier molecular flexibility index (Phi) is 6.72. The highest BCUT2D eigenvalue weighted by molar-refractivity contribution is 5.89. The second-order valence-corrected chi connectivity index (χ2v) is 5.79. The van der Waals surface area contributed by atoms with E-state index in [-0.39, 0.29) is 17.8 Å². The molecule has 0 spiro atoms. The molecule has 0 saturated carbocycles. The second kappa shape index (κ2) is 8.99. The van der Waals surface area contributed by atoms with Crippen LogP contribution in [0, 0.1) is 5.82 Å². The molecule has 0 saturated heterocycles. The van der Waals surface area contributed by atoms with Gasteiger partial charge in [0.05, 0.1) is 18.2 Å². The van der Waals surface area contributed by atoms with E-state index in [9.17, 15) is 14.0 Å². The topological polar surface area (TPSA) is 64.6 Å². The second-order valence-electron chi connectivity index (χ2n) is 5.79. The van der Waals surface area contributed by atoms with Crippen molar-refractivity contribution < 1.29 is 23.5 Å². The minimum absolute atomic E-state index is 0.277. The Bertz CT molecular complexity index is 743. The van der Waals surface area contributed by atoms with Gasteiger partial charge in [0, 0.05) is 0 Å². The molecule has 0 heterocycles. The van der Waals surface area contributed by atoms with Gasteiger partial charge in [-0.25, -0.2) is 9.18 Å². The molecule has 0 aliphatic rings. The van der Waals surface area contributed by atoms with Gasteiger partial charge < -0.3 is 14.8 Å². The number of esters is 1. The highest BCUT2D eigenvalue weighted by atomic mass is 19.1. The lowest BCUT2D eigenvalue weighted by Gasteiger charge is -2.19. The van der Waals surface area contributed by atoms with Crippen molar-refractivity contribution in [2.24, 2.45) is 0 Å². The van der Waals surface area contributed by atoms with E-state index >= 15 is 0 Å². The van der Waals surface area contributed by atoms with E-state index in [1.807, 2.05) is 6.92 Å². The summed E-state index contributed by atoms with van der Waals surface area (Å²) in [6.45, 7) is 5.49. The fraction of sp³-hybridized carbons (Fsp3) is 0.300. The maximum absolute atomic E-state index is 13.0. The number of carbonyl (C=O) groups is 2. The summed E-state index contributed by atoms with van der Waals surface area (Å²) in [4.78, 5) is 23.9. The molecular weight excluding hydrogens is 337 g/mol. The van der Waals surface area contributed by atoms with Gasteiger partial charge in [0.2, 0.25) is 0 Å². The van der Waals surface area contributed by atoms with Gasteiger partial charge in [-0.05, 0) is 62.7 Å². The van der Waals surface area contributed by atoms with Crippen molar-refractivity contribution in [2.75, 3.05) is 6.61 Å². The third-order valence-electron chi connectivity index (χ3n) is 3.78. The van der Waals surface area contributed by atoms with Crippen LogP contribution in [0.25, 0.3) is 0 Å². The van der Waals surface area contributed by atoms with E-state index in [0.29, 0.717) is 17.9 Å². The molecule has 1 amide bonds. The van der Waals surface area contributed by atoms with Crippen LogP contribution in [-0.4, -0.2) is 24.6 Å². The van der Waals surface area contributed by atoms with Gasteiger partial charge >= 0.3 is 5.97 Å². The molecule has 0 fully saturated rings. The van der Waals surface area contributed by atoms with Crippen molar-refractivity contribution in [1.82, 2.24) is 5.32 Å². The molecule has 6 heteroatoms. The monoisotopic (exact) mass is 359 g/mol. The first-order chi connectivity index (χ1) is 12.4. The molecule has 0 radical (unpaired) electrons. The molecule has 2 rings (SSSR count). The summed E-state index contributed by atoms with van der Waals surface area (Å²) in [6, 6.07) is 12.1. The van der Waals surface area contributed by atoms with Crippen LogP contribution in [0.4, 0.5) is 4.39 Å². The molecule has 0 aromatic heterocycles.